The van der Waals surface area contributed by atoms with E-state index in [2.05, 4.69) is 14.9 Å². The molecule has 3 aromatic rings. The standard InChI is InChI=1S/C19H20N4O2/c1-2-25-17-8-4-3-7-16(17)23-12-9-15-14(18(23)24)13-20-19(21-15)22-10-5-6-11-22/h3-4,7-9,12-13H,2,5-6,10-11H2,1H3. The van der Waals surface area contributed by atoms with Crippen molar-refractivity contribution < 1.29 is 4.74 Å². The number of benzene rings is 1. The molecule has 1 aliphatic rings. The largest absolute Gasteiger partial charge is 0.492 e. The van der Waals surface area contributed by atoms with E-state index in [0.717, 1.165) is 31.6 Å². The molecule has 0 bridgehead atoms. The predicted molar refractivity (Wildman–Crippen MR) is 97.8 cm³/mol. The summed E-state index contributed by atoms with van der Waals surface area (Å²) in [6.45, 7) is 4.42. The molecule has 0 amide bonds. The lowest BCUT2D eigenvalue weighted by Gasteiger charge is -2.16. The zero-order valence-electron chi connectivity index (χ0n) is 14.2. The van der Waals surface area contributed by atoms with E-state index in [9.17, 15) is 4.79 Å². The van der Waals surface area contributed by atoms with Crippen LogP contribution < -0.4 is 15.2 Å². The van der Waals surface area contributed by atoms with E-state index in [1.807, 2.05) is 37.3 Å². The molecule has 4 rings (SSSR count). The van der Waals surface area contributed by atoms with Gasteiger partial charge in [-0.3, -0.25) is 9.36 Å². The highest BCUT2D eigenvalue weighted by atomic mass is 16.5. The predicted octanol–water partition coefficient (Wildman–Crippen LogP) is 2.78. The first-order valence-corrected chi connectivity index (χ1v) is 8.63. The van der Waals surface area contributed by atoms with Crippen LogP contribution in [-0.4, -0.2) is 34.2 Å². The third kappa shape index (κ3) is 2.84. The van der Waals surface area contributed by atoms with E-state index in [1.165, 1.54) is 0 Å². The fraction of sp³-hybridized carbons (Fsp3) is 0.316. The number of anilines is 1. The molecule has 0 atom stereocenters. The minimum absolute atomic E-state index is 0.141. The van der Waals surface area contributed by atoms with Gasteiger partial charge in [0.05, 0.1) is 23.2 Å². The number of nitrogens with zero attached hydrogens (tertiary/aromatic N) is 4. The van der Waals surface area contributed by atoms with Crippen LogP contribution in [-0.2, 0) is 0 Å². The van der Waals surface area contributed by atoms with Gasteiger partial charge in [-0.15, -0.1) is 0 Å². The highest BCUT2D eigenvalue weighted by molar-refractivity contribution is 5.78. The topological polar surface area (TPSA) is 60.2 Å². The lowest BCUT2D eigenvalue weighted by atomic mass is 10.2. The Bertz CT molecular complexity index is 961. The molecule has 1 aromatic carbocycles. The Labute approximate surface area is 145 Å². The van der Waals surface area contributed by atoms with Crippen LogP contribution in [0.2, 0.25) is 0 Å². The van der Waals surface area contributed by atoms with Gasteiger partial charge in [-0.05, 0) is 38.0 Å². The van der Waals surface area contributed by atoms with Gasteiger partial charge in [0.1, 0.15) is 5.75 Å². The molecular weight excluding hydrogens is 316 g/mol. The molecular formula is C19H20N4O2. The van der Waals surface area contributed by atoms with Gasteiger partial charge in [-0.25, -0.2) is 9.97 Å². The average molecular weight is 336 g/mol. The molecule has 3 heterocycles. The maximum atomic E-state index is 12.9. The van der Waals surface area contributed by atoms with Gasteiger partial charge in [-0.2, -0.15) is 0 Å². The Morgan fingerprint density at radius 2 is 1.96 bits per heavy atom. The molecule has 1 fully saturated rings. The van der Waals surface area contributed by atoms with Crippen molar-refractivity contribution in [2.24, 2.45) is 0 Å². The molecule has 6 nitrogen and oxygen atoms in total. The molecule has 1 saturated heterocycles. The summed E-state index contributed by atoms with van der Waals surface area (Å²) in [6.07, 6.45) is 5.72. The SMILES string of the molecule is CCOc1ccccc1-n1ccc2nc(N3CCCC3)ncc2c1=O. The van der Waals surface area contributed by atoms with Gasteiger partial charge in [0, 0.05) is 25.5 Å². The zero-order chi connectivity index (χ0) is 17.2. The number of fused-ring (bicyclic) bond motifs is 1. The van der Waals surface area contributed by atoms with Gasteiger partial charge >= 0.3 is 0 Å². The van der Waals surface area contributed by atoms with Crippen molar-refractivity contribution in [2.45, 2.75) is 19.8 Å². The third-order valence-corrected chi connectivity index (χ3v) is 4.45. The van der Waals surface area contributed by atoms with Crippen LogP contribution in [0.15, 0.2) is 47.5 Å². The van der Waals surface area contributed by atoms with E-state index in [1.54, 1.807) is 17.0 Å². The molecule has 1 aliphatic heterocycles. The molecule has 25 heavy (non-hydrogen) atoms. The summed E-state index contributed by atoms with van der Waals surface area (Å²) in [5.41, 5.74) is 1.25. The summed E-state index contributed by atoms with van der Waals surface area (Å²) in [5, 5.41) is 0.511. The van der Waals surface area contributed by atoms with E-state index in [4.69, 9.17) is 4.74 Å². The fourth-order valence-corrected chi connectivity index (χ4v) is 3.21. The van der Waals surface area contributed by atoms with E-state index < -0.39 is 0 Å². The molecule has 0 spiro atoms. The zero-order valence-corrected chi connectivity index (χ0v) is 14.2. The van der Waals surface area contributed by atoms with Crippen LogP contribution in [0, 0.1) is 0 Å². The van der Waals surface area contributed by atoms with Gasteiger partial charge in [0.2, 0.25) is 5.95 Å². The average Bonchev–Trinajstić information content (AvgIpc) is 3.18. The Kier molecular flexibility index (Phi) is 4.09. The van der Waals surface area contributed by atoms with Gasteiger partial charge in [0.15, 0.2) is 0 Å². The second kappa shape index (κ2) is 6.55. The summed E-state index contributed by atoms with van der Waals surface area (Å²) in [7, 11) is 0. The van der Waals surface area contributed by atoms with Crippen molar-refractivity contribution in [2.75, 3.05) is 24.6 Å². The number of hydrogen-bond acceptors (Lipinski definition) is 5. The number of para-hydroxylation sites is 2. The minimum atomic E-state index is -0.141. The molecule has 0 N–H and O–H groups in total. The van der Waals surface area contributed by atoms with Crippen LogP contribution in [0.3, 0.4) is 0 Å². The van der Waals surface area contributed by atoms with Crippen molar-refractivity contribution in [3.05, 3.63) is 53.1 Å². The first-order chi connectivity index (χ1) is 12.3. The molecule has 6 heteroatoms. The lowest BCUT2D eigenvalue weighted by molar-refractivity contribution is 0.339. The Hall–Kier alpha value is -2.89. The lowest BCUT2D eigenvalue weighted by Crippen LogP contribution is -2.22. The molecule has 2 aromatic heterocycles. The smallest absolute Gasteiger partial charge is 0.266 e. The minimum Gasteiger partial charge on any atom is -0.492 e. The Morgan fingerprint density at radius 3 is 2.76 bits per heavy atom. The first kappa shape index (κ1) is 15.6. The summed E-state index contributed by atoms with van der Waals surface area (Å²) in [4.78, 5) is 24.1. The molecule has 0 aliphatic carbocycles. The molecule has 128 valence electrons. The number of hydrogen-bond donors (Lipinski definition) is 0. The number of aromatic nitrogens is 3. The summed E-state index contributed by atoms with van der Waals surface area (Å²) in [6, 6.07) is 9.38. The second-order valence-electron chi connectivity index (χ2n) is 6.05. The number of pyridine rings is 1. The highest BCUT2D eigenvalue weighted by Crippen LogP contribution is 2.23. The summed E-state index contributed by atoms with van der Waals surface area (Å²) >= 11 is 0. The van der Waals surface area contributed by atoms with E-state index in [0.29, 0.717) is 29.2 Å². The van der Waals surface area contributed by atoms with Crippen LogP contribution >= 0.6 is 0 Å². The Morgan fingerprint density at radius 1 is 1.16 bits per heavy atom. The third-order valence-electron chi connectivity index (χ3n) is 4.45. The number of ether oxygens (including phenoxy) is 1. The molecule has 0 saturated carbocycles. The summed E-state index contributed by atoms with van der Waals surface area (Å²) in [5.74, 6) is 1.39. The first-order valence-electron chi connectivity index (χ1n) is 8.63. The van der Waals surface area contributed by atoms with Crippen molar-refractivity contribution >= 4 is 16.9 Å². The van der Waals surface area contributed by atoms with Crippen LogP contribution in [0.5, 0.6) is 5.75 Å². The van der Waals surface area contributed by atoms with E-state index >= 15 is 0 Å². The second-order valence-corrected chi connectivity index (χ2v) is 6.05. The van der Waals surface area contributed by atoms with Crippen molar-refractivity contribution in [3.63, 3.8) is 0 Å². The van der Waals surface area contributed by atoms with Crippen LogP contribution in [0.25, 0.3) is 16.6 Å². The fourth-order valence-electron chi connectivity index (χ4n) is 3.21. The highest BCUT2D eigenvalue weighted by Gasteiger charge is 2.16. The maximum absolute atomic E-state index is 12.9. The van der Waals surface area contributed by atoms with Gasteiger partial charge in [0.25, 0.3) is 5.56 Å². The van der Waals surface area contributed by atoms with Crippen molar-refractivity contribution in [1.82, 2.24) is 14.5 Å². The van der Waals surface area contributed by atoms with E-state index in [-0.39, 0.29) is 5.56 Å². The quantitative estimate of drug-likeness (QED) is 0.733. The molecule has 0 unspecified atom stereocenters. The monoisotopic (exact) mass is 336 g/mol. The molecule has 0 radical (unpaired) electrons. The summed E-state index contributed by atoms with van der Waals surface area (Å²) < 4.78 is 7.24. The van der Waals surface area contributed by atoms with Crippen LogP contribution in [0.1, 0.15) is 19.8 Å². The normalized spacial score (nSPS) is 14.2. The number of rotatable bonds is 4. The van der Waals surface area contributed by atoms with Crippen LogP contribution in [0.4, 0.5) is 5.95 Å². The maximum Gasteiger partial charge on any atom is 0.266 e. The van der Waals surface area contributed by atoms with Gasteiger partial charge < -0.3 is 9.64 Å². The Balaban J connectivity index is 1.81. The van der Waals surface area contributed by atoms with Crippen molar-refractivity contribution in [1.29, 1.82) is 0 Å². The van der Waals surface area contributed by atoms with Gasteiger partial charge in [-0.1, -0.05) is 12.1 Å². The van der Waals surface area contributed by atoms with Crippen molar-refractivity contribution in [3.8, 4) is 11.4 Å².